The van der Waals surface area contributed by atoms with Crippen molar-refractivity contribution in [2.24, 2.45) is 0 Å². The molecule has 1 aliphatic rings. The minimum atomic E-state index is -0.478. The van der Waals surface area contributed by atoms with Crippen molar-refractivity contribution >= 4 is 0 Å². The summed E-state index contributed by atoms with van der Waals surface area (Å²) in [5, 5.41) is 18.1. The maximum absolute atomic E-state index is 10.4. The smallest absolute Gasteiger partial charge is 0.0771 e. The third kappa shape index (κ3) is 3.56. The minimum absolute atomic E-state index is 0.478. The zero-order valence-corrected chi connectivity index (χ0v) is 11.4. The van der Waals surface area contributed by atoms with Crippen molar-refractivity contribution < 1.29 is 5.11 Å². The Bertz CT molecular complexity index is 356. The number of hydrogen-bond donors (Lipinski definition) is 2. The Hall–Kier alpha value is -0.870. The van der Waals surface area contributed by atoms with Gasteiger partial charge in [0.05, 0.1) is 11.3 Å². The topological polar surface area (TPSA) is 50.1 Å². The number of aliphatic hydroxyl groups is 1. The molecule has 0 radical (unpaired) electrons. The molecule has 4 heteroatoms. The molecule has 2 rings (SSSR count). The van der Waals surface area contributed by atoms with E-state index in [4.69, 9.17) is 0 Å². The molecule has 4 nitrogen and oxygen atoms in total. The predicted molar refractivity (Wildman–Crippen MR) is 72.3 cm³/mol. The molecule has 0 spiro atoms. The molecule has 102 valence electrons. The molecule has 18 heavy (non-hydrogen) atoms. The van der Waals surface area contributed by atoms with Crippen LogP contribution in [0, 0.1) is 0 Å². The van der Waals surface area contributed by atoms with Crippen LogP contribution >= 0.6 is 0 Å². The predicted octanol–water partition coefficient (Wildman–Crippen LogP) is 2.08. The van der Waals surface area contributed by atoms with E-state index in [-0.39, 0.29) is 0 Å². The molecular weight excluding hydrogens is 226 g/mol. The normalized spacial score (nSPS) is 19.0. The van der Waals surface area contributed by atoms with Gasteiger partial charge in [-0.05, 0) is 25.3 Å². The lowest BCUT2D eigenvalue weighted by atomic mass is 9.85. The lowest BCUT2D eigenvalue weighted by molar-refractivity contribution is 0.00455. The van der Waals surface area contributed by atoms with Gasteiger partial charge in [0.1, 0.15) is 0 Å². The molecule has 0 unspecified atom stereocenters. The molecule has 0 atom stereocenters. The fourth-order valence-electron chi connectivity index (χ4n) is 2.73. The van der Waals surface area contributed by atoms with Gasteiger partial charge in [-0.2, -0.15) is 5.10 Å². The molecule has 1 aromatic rings. The van der Waals surface area contributed by atoms with E-state index in [1.165, 1.54) is 12.1 Å². The summed E-state index contributed by atoms with van der Waals surface area (Å²) in [6, 6.07) is 2.05. The van der Waals surface area contributed by atoms with E-state index < -0.39 is 5.60 Å². The van der Waals surface area contributed by atoms with Gasteiger partial charge >= 0.3 is 0 Å². The Morgan fingerprint density at radius 2 is 2.17 bits per heavy atom. The highest BCUT2D eigenvalue weighted by atomic mass is 16.3. The number of hydrogen-bond acceptors (Lipinski definition) is 3. The molecular formula is C14H25N3O. The zero-order valence-electron chi connectivity index (χ0n) is 11.4. The second-order valence-electron chi connectivity index (χ2n) is 5.43. The molecule has 1 fully saturated rings. The lowest BCUT2D eigenvalue weighted by Gasteiger charge is -2.32. The Morgan fingerprint density at radius 3 is 2.89 bits per heavy atom. The van der Waals surface area contributed by atoms with Crippen molar-refractivity contribution in [2.45, 2.75) is 64.1 Å². The summed E-state index contributed by atoms with van der Waals surface area (Å²) >= 11 is 0. The van der Waals surface area contributed by atoms with Gasteiger partial charge in [0, 0.05) is 25.8 Å². The van der Waals surface area contributed by atoms with Gasteiger partial charge in [-0.15, -0.1) is 0 Å². The average molecular weight is 251 g/mol. The standard InChI is InChI=1S/C14H25N3O/c1-2-10-17-13(6-9-16-17)11-15-12-14(18)7-4-3-5-8-14/h6,9,15,18H,2-5,7-8,10-12H2,1H3. The minimum Gasteiger partial charge on any atom is -0.389 e. The fraction of sp³-hybridized carbons (Fsp3) is 0.786. The highest BCUT2D eigenvalue weighted by molar-refractivity contribution is 5.00. The van der Waals surface area contributed by atoms with Crippen LogP contribution in [0.15, 0.2) is 12.3 Å². The summed E-state index contributed by atoms with van der Waals surface area (Å²) in [7, 11) is 0. The molecule has 0 aromatic carbocycles. The lowest BCUT2D eigenvalue weighted by Crippen LogP contribution is -2.42. The van der Waals surface area contributed by atoms with Gasteiger partial charge in [0.2, 0.25) is 0 Å². The second kappa shape index (κ2) is 6.34. The van der Waals surface area contributed by atoms with Gasteiger partial charge in [-0.1, -0.05) is 26.2 Å². The van der Waals surface area contributed by atoms with Crippen LogP contribution in [0.3, 0.4) is 0 Å². The number of aromatic nitrogens is 2. The molecule has 0 saturated heterocycles. The average Bonchev–Trinajstić information content (AvgIpc) is 2.78. The maximum atomic E-state index is 10.4. The second-order valence-corrected chi connectivity index (χ2v) is 5.43. The summed E-state index contributed by atoms with van der Waals surface area (Å²) in [5.74, 6) is 0. The highest BCUT2D eigenvalue weighted by Crippen LogP contribution is 2.27. The van der Waals surface area contributed by atoms with E-state index in [1.807, 2.05) is 16.9 Å². The molecule has 1 aliphatic carbocycles. The first-order valence-electron chi connectivity index (χ1n) is 7.17. The third-order valence-electron chi connectivity index (χ3n) is 3.78. The Labute approximate surface area is 109 Å². The van der Waals surface area contributed by atoms with Crippen molar-refractivity contribution in [3.63, 3.8) is 0 Å². The molecule has 1 heterocycles. The summed E-state index contributed by atoms with van der Waals surface area (Å²) in [6.45, 7) is 4.62. The van der Waals surface area contributed by atoms with E-state index >= 15 is 0 Å². The molecule has 1 aromatic heterocycles. The highest BCUT2D eigenvalue weighted by Gasteiger charge is 2.28. The number of nitrogens with one attached hydrogen (secondary N) is 1. The van der Waals surface area contributed by atoms with Gasteiger partial charge in [0.15, 0.2) is 0 Å². The number of nitrogens with zero attached hydrogens (tertiary/aromatic N) is 2. The summed E-state index contributed by atoms with van der Waals surface area (Å²) < 4.78 is 2.04. The summed E-state index contributed by atoms with van der Waals surface area (Å²) in [5.41, 5.74) is 0.727. The van der Waals surface area contributed by atoms with Crippen LogP contribution < -0.4 is 5.32 Å². The Balaban J connectivity index is 1.78. The first-order chi connectivity index (χ1) is 8.73. The van der Waals surface area contributed by atoms with Crippen LogP contribution in [-0.2, 0) is 13.1 Å². The quantitative estimate of drug-likeness (QED) is 0.814. The van der Waals surface area contributed by atoms with E-state index in [0.29, 0.717) is 6.54 Å². The van der Waals surface area contributed by atoms with Crippen LogP contribution in [0.1, 0.15) is 51.1 Å². The molecule has 2 N–H and O–H groups in total. The molecule has 0 bridgehead atoms. The van der Waals surface area contributed by atoms with Gasteiger partial charge in [-0.3, -0.25) is 4.68 Å². The van der Waals surface area contributed by atoms with Crippen molar-refractivity contribution in [1.82, 2.24) is 15.1 Å². The SMILES string of the molecule is CCCn1nccc1CNCC1(O)CCCCC1. The van der Waals surface area contributed by atoms with Gasteiger partial charge in [-0.25, -0.2) is 0 Å². The largest absolute Gasteiger partial charge is 0.389 e. The maximum Gasteiger partial charge on any atom is 0.0771 e. The first-order valence-corrected chi connectivity index (χ1v) is 7.17. The Kier molecular flexibility index (Phi) is 4.78. The molecule has 0 aliphatic heterocycles. The van der Waals surface area contributed by atoms with Crippen molar-refractivity contribution in [2.75, 3.05) is 6.54 Å². The number of rotatable bonds is 6. The van der Waals surface area contributed by atoms with Crippen molar-refractivity contribution in [3.05, 3.63) is 18.0 Å². The van der Waals surface area contributed by atoms with Crippen LogP contribution in [0.4, 0.5) is 0 Å². The zero-order chi connectivity index (χ0) is 12.8. The summed E-state index contributed by atoms with van der Waals surface area (Å²) in [4.78, 5) is 0. The van der Waals surface area contributed by atoms with Gasteiger partial charge < -0.3 is 10.4 Å². The summed E-state index contributed by atoms with van der Waals surface area (Å²) in [6.07, 6.45) is 8.41. The van der Waals surface area contributed by atoms with E-state index in [9.17, 15) is 5.11 Å². The van der Waals surface area contributed by atoms with Crippen LogP contribution in [0.5, 0.6) is 0 Å². The first kappa shape index (κ1) is 13.6. The van der Waals surface area contributed by atoms with Crippen molar-refractivity contribution in [1.29, 1.82) is 0 Å². The third-order valence-corrected chi connectivity index (χ3v) is 3.78. The molecule has 0 amide bonds. The monoisotopic (exact) mass is 251 g/mol. The molecule has 1 saturated carbocycles. The van der Waals surface area contributed by atoms with Crippen LogP contribution in [0.2, 0.25) is 0 Å². The van der Waals surface area contributed by atoms with E-state index in [1.54, 1.807) is 0 Å². The number of aryl methyl sites for hydroxylation is 1. The van der Waals surface area contributed by atoms with Crippen molar-refractivity contribution in [3.8, 4) is 0 Å². The van der Waals surface area contributed by atoms with E-state index in [2.05, 4.69) is 17.3 Å². The van der Waals surface area contributed by atoms with Gasteiger partial charge in [0.25, 0.3) is 0 Å². The Morgan fingerprint density at radius 1 is 1.39 bits per heavy atom. The van der Waals surface area contributed by atoms with Crippen LogP contribution in [0.25, 0.3) is 0 Å². The van der Waals surface area contributed by atoms with E-state index in [0.717, 1.165) is 45.2 Å². The fourth-order valence-corrected chi connectivity index (χ4v) is 2.73. The van der Waals surface area contributed by atoms with Crippen LogP contribution in [-0.4, -0.2) is 27.0 Å².